The molecule has 0 aliphatic heterocycles. The van der Waals surface area contributed by atoms with Crippen molar-refractivity contribution in [2.45, 2.75) is 297 Å². The lowest BCUT2D eigenvalue weighted by atomic mass is 10.0. The third-order valence-electron chi connectivity index (χ3n) is 13.3. The standard InChI is InChI=1S/C69H116O6/c1-4-7-10-13-16-19-21-23-24-25-26-27-28-29-30-31-32-33-34-35-36-37-38-39-40-41-42-43-44-46-47-50-53-56-59-62-68(71)74-65-66(64-73-67(70)61-58-55-52-49-18-15-12-9-6-3)75-69(72)63-60-57-54-51-48-45-22-20-17-14-11-8-5-2/h7-8,10-11,16-17,19-20,23-24,26-27,29-30,45,48,54,57,66H,4-6,9,12-15,18,21-22,25,28,31-44,46-47,49-53,55-56,58-65H2,1-3H3/b10-7-,11-8-,19-16-,20-17-,24-23-,27-26-,30-29-,48-45-,57-54-. The predicted octanol–water partition coefficient (Wildman–Crippen LogP) is 21.4. The number of esters is 3. The van der Waals surface area contributed by atoms with E-state index < -0.39 is 6.10 Å². The fourth-order valence-electron chi connectivity index (χ4n) is 8.66. The fraction of sp³-hybridized carbons (Fsp3) is 0.696. The molecule has 428 valence electrons. The number of ether oxygens (including phenoxy) is 3. The monoisotopic (exact) mass is 1040 g/mol. The van der Waals surface area contributed by atoms with Crippen LogP contribution in [0, 0.1) is 0 Å². The molecule has 6 heteroatoms. The summed E-state index contributed by atoms with van der Waals surface area (Å²) in [5, 5.41) is 0. The lowest BCUT2D eigenvalue weighted by molar-refractivity contribution is -0.166. The minimum absolute atomic E-state index is 0.103. The van der Waals surface area contributed by atoms with Gasteiger partial charge in [0.1, 0.15) is 13.2 Å². The maximum Gasteiger partial charge on any atom is 0.306 e. The molecule has 0 aromatic heterocycles. The molecule has 0 fully saturated rings. The first-order valence-corrected chi connectivity index (χ1v) is 31.4. The van der Waals surface area contributed by atoms with E-state index in [9.17, 15) is 14.4 Å². The number of unbranched alkanes of at least 4 members (excludes halogenated alkanes) is 27. The van der Waals surface area contributed by atoms with Crippen LogP contribution in [0.25, 0.3) is 0 Å². The zero-order valence-electron chi connectivity index (χ0n) is 49.0. The Morgan fingerprint density at radius 3 is 0.867 bits per heavy atom. The maximum atomic E-state index is 12.8. The first-order valence-electron chi connectivity index (χ1n) is 31.4. The van der Waals surface area contributed by atoms with Gasteiger partial charge < -0.3 is 14.2 Å². The summed E-state index contributed by atoms with van der Waals surface area (Å²) in [6.45, 7) is 6.34. The molecule has 0 saturated carbocycles. The van der Waals surface area contributed by atoms with Crippen LogP contribution in [0.1, 0.15) is 290 Å². The van der Waals surface area contributed by atoms with Crippen LogP contribution in [-0.4, -0.2) is 37.2 Å². The Bertz CT molecular complexity index is 1520. The van der Waals surface area contributed by atoms with Gasteiger partial charge in [0.2, 0.25) is 0 Å². The molecule has 0 heterocycles. The van der Waals surface area contributed by atoms with Crippen LogP contribution in [0.2, 0.25) is 0 Å². The van der Waals surface area contributed by atoms with Crippen LogP contribution >= 0.6 is 0 Å². The van der Waals surface area contributed by atoms with Crippen molar-refractivity contribution in [3.63, 3.8) is 0 Å². The van der Waals surface area contributed by atoms with E-state index in [4.69, 9.17) is 14.2 Å². The van der Waals surface area contributed by atoms with Crippen molar-refractivity contribution >= 4 is 17.9 Å². The third-order valence-corrected chi connectivity index (χ3v) is 13.3. The highest BCUT2D eigenvalue weighted by atomic mass is 16.6. The quantitative estimate of drug-likeness (QED) is 0.0261. The van der Waals surface area contributed by atoms with Crippen molar-refractivity contribution in [1.29, 1.82) is 0 Å². The highest BCUT2D eigenvalue weighted by Gasteiger charge is 2.19. The minimum Gasteiger partial charge on any atom is -0.462 e. The van der Waals surface area contributed by atoms with Crippen molar-refractivity contribution in [2.24, 2.45) is 0 Å². The van der Waals surface area contributed by atoms with Crippen molar-refractivity contribution < 1.29 is 28.6 Å². The van der Waals surface area contributed by atoms with Crippen LogP contribution in [-0.2, 0) is 28.6 Å². The molecule has 0 amide bonds. The Hall–Kier alpha value is -3.93. The van der Waals surface area contributed by atoms with E-state index >= 15 is 0 Å². The summed E-state index contributed by atoms with van der Waals surface area (Å²) in [6.07, 6.45) is 85.8. The lowest BCUT2D eigenvalue weighted by Gasteiger charge is -2.18. The van der Waals surface area contributed by atoms with Gasteiger partial charge >= 0.3 is 17.9 Å². The SMILES string of the molecule is CC/C=C\C/C=C\C/C=C\C/C=C\C/C=C\CCCCCCCCCCCCCCCCCCCCCC(=O)OCC(COC(=O)CCCCCCCCCCC)OC(=O)CC/C=C\C/C=C\C/C=C\C/C=C\CC. The molecule has 0 bridgehead atoms. The summed E-state index contributed by atoms with van der Waals surface area (Å²) in [6, 6.07) is 0. The summed E-state index contributed by atoms with van der Waals surface area (Å²) in [5.74, 6) is -0.982. The van der Waals surface area contributed by atoms with E-state index in [2.05, 4.69) is 118 Å². The molecule has 0 spiro atoms. The smallest absolute Gasteiger partial charge is 0.306 e. The molecule has 75 heavy (non-hydrogen) atoms. The van der Waals surface area contributed by atoms with E-state index in [1.54, 1.807) is 0 Å². The molecule has 0 saturated heterocycles. The van der Waals surface area contributed by atoms with E-state index in [1.165, 1.54) is 148 Å². The Labute approximate surface area is 463 Å². The molecule has 0 aliphatic carbocycles. The number of hydrogen-bond acceptors (Lipinski definition) is 6. The summed E-state index contributed by atoms with van der Waals surface area (Å²) in [4.78, 5) is 38.0. The van der Waals surface area contributed by atoms with Gasteiger partial charge in [-0.2, -0.15) is 0 Å². The maximum absolute atomic E-state index is 12.8. The lowest BCUT2D eigenvalue weighted by Crippen LogP contribution is -2.30. The zero-order valence-corrected chi connectivity index (χ0v) is 49.0. The number of allylic oxidation sites excluding steroid dienone is 18. The third kappa shape index (κ3) is 60.8. The van der Waals surface area contributed by atoms with Gasteiger partial charge in [0.05, 0.1) is 0 Å². The van der Waals surface area contributed by atoms with Crippen LogP contribution < -0.4 is 0 Å². The van der Waals surface area contributed by atoms with Gasteiger partial charge in [0.25, 0.3) is 0 Å². The second kappa shape index (κ2) is 62.6. The molecule has 0 aromatic carbocycles. The molecule has 1 atom stereocenters. The Morgan fingerprint density at radius 2 is 0.547 bits per heavy atom. The van der Waals surface area contributed by atoms with E-state index in [0.29, 0.717) is 19.3 Å². The second-order valence-corrected chi connectivity index (χ2v) is 20.6. The number of carbonyl (C=O) groups is 3. The zero-order chi connectivity index (χ0) is 54.3. The van der Waals surface area contributed by atoms with Gasteiger partial charge in [-0.3, -0.25) is 14.4 Å². The van der Waals surface area contributed by atoms with E-state index in [1.807, 2.05) is 12.2 Å². The summed E-state index contributed by atoms with van der Waals surface area (Å²) < 4.78 is 16.7. The molecule has 6 nitrogen and oxygen atoms in total. The summed E-state index contributed by atoms with van der Waals surface area (Å²) in [7, 11) is 0. The average Bonchev–Trinajstić information content (AvgIpc) is 3.41. The van der Waals surface area contributed by atoms with Gasteiger partial charge in [0, 0.05) is 19.3 Å². The molecule has 0 rings (SSSR count). The van der Waals surface area contributed by atoms with Crippen molar-refractivity contribution in [1.82, 2.24) is 0 Å². The normalized spacial score (nSPS) is 12.8. The minimum atomic E-state index is -0.812. The average molecular weight is 1040 g/mol. The summed E-state index contributed by atoms with van der Waals surface area (Å²) >= 11 is 0. The second-order valence-electron chi connectivity index (χ2n) is 20.6. The molecule has 0 radical (unpaired) electrons. The Balaban J connectivity index is 4.04. The molecule has 0 aromatic rings. The topological polar surface area (TPSA) is 78.9 Å². The summed E-state index contributed by atoms with van der Waals surface area (Å²) in [5.41, 5.74) is 0. The molecule has 1 unspecified atom stereocenters. The first kappa shape index (κ1) is 71.1. The fourth-order valence-corrected chi connectivity index (χ4v) is 8.66. The van der Waals surface area contributed by atoms with Crippen LogP contribution in [0.3, 0.4) is 0 Å². The number of carbonyl (C=O) groups excluding carboxylic acids is 3. The highest BCUT2D eigenvalue weighted by Crippen LogP contribution is 2.16. The van der Waals surface area contributed by atoms with Gasteiger partial charge in [-0.05, 0) is 89.9 Å². The van der Waals surface area contributed by atoms with Crippen LogP contribution in [0.5, 0.6) is 0 Å². The predicted molar refractivity (Wildman–Crippen MR) is 325 cm³/mol. The molecular weight excluding hydrogens is 925 g/mol. The van der Waals surface area contributed by atoms with Crippen molar-refractivity contribution in [3.8, 4) is 0 Å². The first-order chi connectivity index (χ1) is 37.0. The molecule has 0 N–H and O–H groups in total. The number of hydrogen-bond donors (Lipinski definition) is 0. The van der Waals surface area contributed by atoms with Gasteiger partial charge in [0.15, 0.2) is 6.10 Å². The van der Waals surface area contributed by atoms with E-state index in [0.717, 1.165) is 96.3 Å². The van der Waals surface area contributed by atoms with Crippen LogP contribution in [0.15, 0.2) is 109 Å². The van der Waals surface area contributed by atoms with Crippen molar-refractivity contribution in [2.75, 3.05) is 13.2 Å². The Kier molecular flexibility index (Phi) is 59.3. The van der Waals surface area contributed by atoms with Crippen LogP contribution in [0.4, 0.5) is 0 Å². The largest absolute Gasteiger partial charge is 0.462 e. The molecule has 0 aliphatic rings. The van der Waals surface area contributed by atoms with Gasteiger partial charge in [-0.15, -0.1) is 0 Å². The van der Waals surface area contributed by atoms with Gasteiger partial charge in [-0.25, -0.2) is 0 Å². The van der Waals surface area contributed by atoms with Crippen molar-refractivity contribution in [3.05, 3.63) is 109 Å². The van der Waals surface area contributed by atoms with E-state index in [-0.39, 0.29) is 37.5 Å². The number of rotatable bonds is 56. The highest BCUT2D eigenvalue weighted by molar-refractivity contribution is 5.71. The Morgan fingerprint density at radius 1 is 0.280 bits per heavy atom. The van der Waals surface area contributed by atoms with Gasteiger partial charge in [-0.1, -0.05) is 291 Å². The molecular formula is C69H116O6.